The lowest BCUT2D eigenvalue weighted by Crippen LogP contribution is -2.41. The number of carboxylic acids is 1. The maximum absolute atomic E-state index is 11.1. The molecule has 2 rings (SSSR count). The van der Waals surface area contributed by atoms with Crippen LogP contribution >= 0.6 is 0 Å². The van der Waals surface area contributed by atoms with Gasteiger partial charge >= 0.3 is 5.97 Å². The van der Waals surface area contributed by atoms with Gasteiger partial charge < -0.3 is 10.0 Å². The Balaban J connectivity index is 2.32. The van der Waals surface area contributed by atoms with E-state index in [2.05, 4.69) is 0 Å². The second-order valence-electron chi connectivity index (χ2n) is 4.69. The van der Waals surface area contributed by atoms with Crippen LogP contribution in [0.2, 0.25) is 0 Å². The number of rotatable bonds is 4. The molecule has 6 heteroatoms. The highest BCUT2D eigenvalue weighted by Crippen LogP contribution is 2.33. The van der Waals surface area contributed by atoms with Crippen molar-refractivity contribution in [1.29, 1.82) is 0 Å². The minimum atomic E-state index is -0.865. The summed E-state index contributed by atoms with van der Waals surface area (Å²) in [6.07, 6.45) is 2.68. The molecule has 19 heavy (non-hydrogen) atoms. The molecule has 0 bridgehead atoms. The number of aliphatic carboxylic acids is 1. The summed E-state index contributed by atoms with van der Waals surface area (Å²) >= 11 is 0. The number of hydrogen-bond acceptors (Lipinski definition) is 4. The van der Waals surface area contributed by atoms with E-state index in [1.54, 1.807) is 18.2 Å². The largest absolute Gasteiger partial charge is 0.481 e. The molecule has 1 fully saturated rings. The van der Waals surface area contributed by atoms with Crippen molar-refractivity contribution in [2.45, 2.75) is 31.7 Å². The third-order valence-electron chi connectivity index (χ3n) is 3.43. The average molecular weight is 264 g/mol. The van der Waals surface area contributed by atoms with Crippen molar-refractivity contribution in [2.24, 2.45) is 0 Å². The topological polar surface area (TPSA) is 83.7 Å². The first kappa shape index (κ1) is 13.3. The van der Waals surface area contributed by atoms with E-state index in [0.29, 0.717) is 12.2 Å². The molecular formula is C13H16N2O4. The Morgan fingerprint density at radius 3 is 2.84 bits per heavy atom. The quantitative estimate of drug-likeness (QED) is 0.667. The molecule has 1 atom stereocenters. The molecule has 1 unspecified atom stereocenters. The number of hydrogen-bond donors (Lipinski definition) is 1. The van der Waals surface area contributed by atoms with E-state index >= 15 is 0 Å². The zero-order chi connectivity index (χ0) is 13.8. The van der Waals surface area contributed by atoms with Crippen LogP contribution in [-0.2, 0) is 4.79 Å². The summed E-state index contributed by atoms with van der Waals surface area (Å²) in [5.41, 5.74) is 0.568. The molecule has 1 aliphatic rings. The van der Waals surface area contributed by atoms with Crippen LogP contribution in [0.4, 0.5) is 11.4 Å². The van der Waals surface area contributed by atoms with Gasteiger partial charge in [0.05, 0.1) is 11.3 Å². The number of piperidine rings is 1. The third kappa shape index (κ3) is 3.01. The van der Waals surface area contributed by atoms with Gasteiger partial charge in [-0.1, -0.05) is 12.1 Å². The molecular weight excluding hydrogens is 248 g/mol. The number of para-hydroxylation sites is 2. The predicted molar refractivity (Wildman–Crippen MR) is 70.3 cm³/mol. The van der Waals surface area contributed by atoms with Gasteiger partial charge in [-0.3, -0.25) is 14.9 Å². The molecule has 6 nitrogen and oxygen atoms in total. The molecule has 1 aliphatic heterocycles. The number of nitro groups is 1. The monoisotopic (exact) mass is 264 g/mol. The Morgan fingerprint density at radius 1 is 1.42 bits per heavy atom. The van der Waals surface area contributed by atoms with Gasteiger partial charge in [-0.15, -0.1) is 0 Å². The van der Waals surface area contributed by atoms with Crippen LogP contribution in [0.15, 0.2) is 24.3 Å². The first-order valence-corrected chi connectivity index (χ1v) is 6.31. The summed E-state index contributed by atoms with van der Waals surface area (Å²) in [5, 5.41) is 20.0. The molecule has 1 heterocycles. The van der Waals surface area contributed by atoms with Crippen LogP contribution < -0.4 is 4.90 Å². The third-order valence-corrected chi connectivity index (χ3v) is 3.43. The lowest BCUT2D eigenvalue weighted by Gasteiger charge is -2.36. The van der Waals surface area contributed by atoms with Crippen LogP contribution in [0.3, 0.4) is 0 Å². The summed E-state index contributed by atoms with van der Waals surface area (Å²) in [6.45, 7) is 0.669. The Kier molecular flexibility index (Phi) is 3.99. The fraction of sp³-hybridized carbons (Fsp3) is 0.462. The average Bonchev–Trinajstić information content (AvgIpc) is 2.38. The van der Waals surface area contributed by atoms with Crippen LogP contribution in [0.25, 0.3) is 0 Å². The lowest BCUT2D eigenvalue weighted by atomic mass is 9.98. The number of nitro benzene ring substituents is 1. The van der Waals surface area contributed by atoms with E-state index in [-0.39, 0.29) is 18.2 Å². The van der Waals surface area contributed by atoms with Crippen molar-refractivity contribution in [1.82, 2.24) is 0 Å². The van der Waals surface area contributed by atoms with Gasteiger partial charge in [0.2, 0.25) is 0 Å². The van der Waals surface area contributed by atoms with Crippen molar-refractivity contribution < 1.29 is 14.8 Å². The first-order chi connectivity index (χ1) is 9.09. The SMILES string of the molecule is O=C(O)CC1CCCCN1c1ccccc1[N+](=O)[O-]. The summed E-state index contributed by atoms with van der Waals surface area (Å²) < 4.78 is 0. The van der Waals surface area contributed by atoms with E-state index in [1.165, 1.54) is 6.07 Å². The second-order valence-corrected chi connectivity index (χ2v) is 4.69. The van der Waals surface area contributed by atoms with E-state index in [4.69, 9.17) is 5.11 Å². The van der Waals surface area contributed by atoms with Gasteiger partial charge in [0.15, 0.2) is 0 Å². The van der Waals surface area contributed by atoms with Crippen molar-refractivity contribution in [2.75, 3.05) is 11.4 Å². The molecule has 0 aromatic heterocycles. The normalized spacial score (nSPS) is 19.2. The molecule has 0 aliphatic carbocycles. The zero-order valence-corrected chi connectivity index (χ0v) is 10.5. The van der Waals surface area contributed by atoms with Crippen LogP contribution in [0, 0.1) is 10.1 Å². The second kappa shape index (κ2) is 5.69. The lowest BCUT2D eigenvalue weighted by molar-refractivity contribution is -0.384. The Bertz CT molecular complexity index is 489. The zero-order valence-electron chi connectivity index (χ0n) is 10.5. The minimum absolute atomic E-state index is 0.0199. The van der Waals surface area contributed by atoms with Crippen LogP contribution in [0.1, 0.15) is 25.7 Å². The number of carboxylic acid groups (broad SMARTS) is 1. The molecule has 1 saturated heterocycles. The number of nitrogens with zero attached hydrogens (tertiary/aromatic N) is 2. The fourth-order valence-corrected chi connectivity index (χ4v) is 2.59. The van der Waals surface area contributed by atoms with Crippen LogP contribution in [-0.4, -0.2) is 28.6 Å². The number of benzene rings is 1. The molecule has 1 N–H and O–H groups in total. The fourth-order valence-electron chi connectivity index (χ4n) is 2.59. The van der Waals surface area contributed by atoms with Gasteiger partial charge in [0, 0.05) is 18.7 Å². The van der Waals surface area contributed by atoms with Gasteiger partial charge in [-0.05, 0) is 25.3 Å². The maximum Gasteiger partial charge on any atom is 0.305 e. The summed E-state index contributed by atoms with van der Waals surface area (Å²) in [4.78, 5) is 23.4. The molecule has 0 saturated carbocycles. The van der Waals surface area contributed by atoms with E-state index in [9.17, 15) is 14.9 Å². The summed E-state index contributed by atoms with van der Waals surface area (Å²) in [7, 11) is 0. The van der Waals surface area contributed by atoms with Gasteiger partial charge in [0.25, 0.3) is 5.69 Å². The molecule has 0 radical (unpaired) electrons. The molecule has 0 amide bonds. The Morgan fingerprint density at radius 2 is 2.16 bits per heavy atom. The van der Waals surface area contributed by atoms with E-state index in [1.807, 2.05) is 4.90 Å². The van der Waals surface area contributed by atoms with Crippen molar-refractivity contribution in [3.63, 3.8) is 0 Å². The smallest absolute Gasteiger partial charge is 0.305 e. The van der Waals surface area contributed by atoms with Gasteiger partial charge in [-0.2, -0.15) is 0 Å². The van der Waals surface area contributed by atoms with E-state index in [0.717, 1.165) is 19.3 Å². The molecule has 0 spiro atoms. The highest BCUT2D eigenvalue weighted by atomic mass is 16.6. The van der Waals surface area contributed by atoms with Crippen LogP contribution in [0.5, 0.6) is 0 Å². The highest BCUT2D eigenvalue weighted by molar-refractivity contribution is 5.70. The van der Waals surface area contributed by atoms with Gasteiger partial charge in [0.1, 0.15) is 5.69 Å². The maximum atomic E-state index is 11.1. The summed E-state index contributed by atoms with van der Waals surface area (Å²) in [6, 6.07) is 6.36. The van der Waals surface area contributed by atoms with Gasteiger partial charge in [-0.25, -0.2) is 0 Å². The van der Waals surface area contributed by atoms with E-state index < -0.39 is 10.9 Å². The molecule has 1 aromatic rings. The number of carbonyl (C=O) groups is 1. The predicted octanol–water partition coefficient (Wildman–Crippen LogP) is 2.43. The Labute approximate surface area is 110 Å². The van der Waals surface area contributed by atoms with Crippen molar-refractivity contribution in [3.05, 3.63) is 34.4 Å². The highest BCUT2D eigenvalue weighted by Gasteiger charge is 2.29. The van der Waals surface area contributed by atoms with Crippen molar-refractivity contribution >= 4 is 17.3 Å². The molecule has 102 valence electrons. The Hall–Kier alpha value is -2.11. The first-order valence-electron chi connectivity index (χ1n) is 6.31. The van der Waals surface area contributed by atoms with Crippen molar-refractivity contribution in [3.8, 4) is 0 Å². The molecule has 1 aromatic carbocycles. The minimum Gasteiger partial charge on any atom is -0.481 e. The summed E-state index contributed by atoms with van der Waals surface area (Å²) in [5.74, 6) is -0.865. The standard InChI is InChI=1S/C13H16N2O4/c16-13(17)9-10-5-3-4-8-14(10)11-6-1-2-7-12(11)15(18)19/h1-2,6-7,10H,3-5,8-9H2,(H,16,17). The number of anilines is 1.